The fraction of sp³-hybridized carbons (Fsp3) is 0.625. The molecule has 1 heterocycles. The Balaban J connectivity index is 2.65. The van der Waals surface area contributed by atoms with E-state index in [1.54, 1.807) is 0 Å². The zero-order chi connectivity index (χ0) is 11.5. The Labute approximate surface area is 97.9 Å². The van der Waals surface area contributed by atoms with Gasteiger partial charge in [0.05, 0.1) is 0 Å². The van der Waals surface area contributed by atoms with Crippen LogP contribution in [0.4, 0.5) is 5.95 Å². The molecule has 5 nitrogen and oxygen atoms in total. The molecule has 0 aliphatic rings. The summed E-state index contributed by atoms with van der Waals surface area (Å²) in [5.41, 5.74) is -0.258. The number of hydrogen-bond acceptors (Lipinski definition) is 5. The van der Waals surface area contributed by atoms with Gasteiger partial charge in [-0.05, 0) is 23.2 Å². The number of rotatable bonds is 4. The first-order chi connectivity index (χ1) is 6.93. The van der Waals surface area contributed by atoms with E-state index in [0.717, 1.165) is 0 Å². The molecule has 1 aromatic rings. The van der Waals surface area contributed by atoms with E-state index in [2.05, 4.69) is 20.3 Å². The molecule has 0 aromatic carbocycles. The Morgan fingerprint density at radius 2 is 1.73 bits per heavy atom. The van der Waals surface area contributed by atoms with E-state index in [0.29, 0.717) is 12.5 Å². The Bertz CT molecular complexity index is 325. The lowest BCUT2D eigenvalue weighted by atomic mass is 9.95. The maximum absolute atomic E-state index is 9.04. The molecule has 0 aliphatic heterocycles. The van der Waals surface area contributed by atoms with Crippen LogP contribution in [0.1, 0.15) is 13.8 Å². The fourth-order valence-corrected chi connectivity index (χ4v) is 1.14. The van der Waals surface area contributed by atoms with Gasteiger partial charge < -0.3 is 10.4 Å². The quantitative estimate of drug-likeness (QED) is 0.850. The molecule has 1 rings (SSSR count). The lowest BCUT2D eigenvalue weighted by molar-refractivity contribution is 0.170. The SMILES string of the molecule is CC(C)(CO)CNc1nc(Cl)nc(Cl)n1. The molecule has 0 amide bonds. The van der Waals surface area contributed by atoms with E-state index in [9.17, 15) is 0 Å². The lowest BCUT2D eigenvalue weighted by Crippen LogP contribution is -2.27. The minimum Gasteiger partial charge on any atom is -0.396 e. The number of anilines is 1. The second kappa shape index (κ2) is 4.92. The molecule has 0 atom stereocenters. The molecule has 0 bridgehead atoms. The van der Waals surface area contributed by atoms with Crippen molar-refractivity contribution < 1.29 is 5.11 Å². The molecule has 0 unspecified atom stereocenters. The van der Waals surface area contributed by atoms with Crippen molar-refractivity contribution in [3.8, 4) is 0 Å². The number of aliphatic hydroxyl groups excluding tert-OH is 1. The zero-order valence-electron chi connectivity index (χ0n) is 8.46. The third-order valence-corrected chi connectivity index (χ3v) is 2.07. The maximum atomic E-state index is 9.04. The average Bonchev–Trinajstić information content (AvgIpc) is 2.14. The topological polar surface area (TPSA) is 70.9 Å². The first-order valence-electron chi connectivity index (χ1n) is 4.35. The molecule has 2 N–H and O–H groups in total. The average molecular weight is 251 g/mol. The molecule has 0 radical (unpaired) electrons. The van der Waals surface area contributed by atoms with Crippen molar-refractivity contribution in [1.82, 2.24) is 15.0 Å². The van der Waals surface area contributed by atoms with Crippen LogP contribution in [-0.2, 0) is 0 Å². The van der Waals surface area contributed by atoms with Crippen LogP contribution in [0.3, 0.4) is 0 Å². The molecule has 0 fully saturated rings. The van der Waals surface area contributed by atoms with Crippen molar-refractivity contribution in [2.75, 3.05) is 18.5 Å². The predicted octanol–water partition coefficient (Wildman–Crippen LogP) is 1.61. The second-order valence-electron chi connectivity index (χ2n) is 3.87. The van der Waals surface area contributed by atoms with Crippen LogP contribution < -0.4 is 5.32 Å². The van der Waals surface area contributed by atoms with Gasteiger partial charge in [-0.15, -0.1) is 0 Å². The second-order valence-corrected chi connectivity index (χ2v) is 4.55. The monoisotopic (exact) mass is 250 g/mol. The number of aromatic nitrogens is 3. The van der Waals surface area contributed by atoms with Gasteiger partial charge in [0.2, 0.25) is 16.5 Å². The molecule has 0 spiro atoms. The first-order valence-corrected chi connectivity index (χ1v) is 5.10. The summed E-state index contributed by atoms with van der Waals surface area (Å²) < 4.78 is 0. The Morgan fingerprint density at radius 3 is 2.20 bits per heavy atom. The largest absolute Gasteiger partial charge is 0.396 e. The maximum Gasteiger partial charge on any atom is 0.228 e. The van der Waals surface area contributed by atoms with Crippen molar-refractivity contribution in [2.24, 2.45) is 5.41 Å². The van der Waals surface area contributed by atoms with E-state index in [-0.39, 0.29) is 22.6 Å². The highest BCUT2D eigenvalue weighted by Gasteiger charge is 2.16. The summed E-state index contributed by atoms with van der Waals surface area (Å²) in [5.74, 6) is 0.307. The fourth-order valence-electron chi connectivity index (χ4n) is 0.779. The molecular formula is C8H12Cl2N4O. The Hall–Kier alpha value is -0.650. The van der Waals surface area contributed by atoms with Gasteiger partial charge in [-0.25, -0.2) is 0 Å². The van der Waals surface area contributed by atoms with Crippen LogP contribution in [-0.4, -0.2) is 33.2 Å². The first kappa shape index (κ1) is 12.4. The summed E-state index contributed by atoms with van der Waals surface area (Å²) in [7, 11) is 0. The summed E-state index contributed by atoms with van der Waals surface area (Å²) in [6, 6.07) is 0. The summed E-state index contributed by atoms with van der Waals surface area (Å²) in [4.78, 5) is 11.3. The van der Waals surface area contributed by atoms with Crippen molar-refractivity contribution in [3.05, 3.63) is 10.6 Å². The van der Waals surface area contributed by atoms with E-state index in [4.69, 9.17) is 28.3 Å². The number of halogens is 2. The van der Waals surface area contributed by atoms with Crippen molar-refractivity contribution in [1.29, 1.82) is 0 Å². The summed E-state index contributed by atoms with van der Waals surface area (Å²) in [5, 5.41) is 12.0. The van der Waals surface area contributed by atoms with E-state index in [1.165, 1.54) is 0 Å². The molecule has 15 heavy (non-hydrogen) atoms. The van der Waals surface area contributed by atoms with Gasteiger partial charge in [-0.1, -0.05) is 13.8 Å². The van der Waals surface area contributed by atoms with Crippen molar-refractivity contribution in [2.45, 2.75) is 13.8 Å². The van der Waals surface area contributed by atoms with Crippen LogP contribution in [0.5, 0.6) is 0 Å². The van der Waals surface area contributed by atoms with E-state index >= 15 is 0 Å². The Kier molecular flexibility index (Phi) is 4.07. The van der Waals surface area contributed by atoms with Crippen LogP contribution in [0.25, 0.3) is 0 Å². The van der Waals surface area contributed by atoms with Gasteiger partial charge in [0.25, 0.3) is 0 Å². The molecule has 0 aliphatic carbocycles. The third kappa shape index (κ3) is 4.15. The van der Waals surface area contributed by atoms with Crippen LogP contribution >= 0.6 is 23.2 Å². The van der Waals surface area contributed by atoms with Crippen molar-refractivity contribution in [3.63, 3.8) is 0 Å². The standard InChI is InChI=1S/C8H12Cl2N4O/c1-8(2,4-15)3-11-7-13-5(9)12-6(10)14-7/h15H,3-4H2,1-2H3,(H,11,12,13,14). The number of nitrogens with zero attached hydrogens (tertiary/aromatic N) is 3. The number of hydrogen-bond donors (Lipinski definition) is 2. The van der Waals surface area contributed by atoms with Gasteiger partial charge in [0.1, 0.15) is 0 Å². The van der Waals surface area contributed by atoms with Gasteiger partial charge in [0.15, 0.2) is 0 Å². The van der Waals surface area contributed by atoms with E-state index in [1.807, 2.05) is 13.8 Å². The zero-order valence-corrected chi connectivity index (χ0v) is 9.97. The van der Waals surface area contributed by atoms with Crippen LogP contribution in [0.2, 0.25) is 10.6 Å². The molecule has 0 saturated carbocycles. The highest BCUT2D eigenvalue weighted by atomic mass is 35.5. The van der Waals surface area contributed by atoms with Gasteiger partial charge in [0, 0.05) is 18.6 Å². The minimum atomic E-state index is -0.258. The third-order valence-electron chi connectivity index (χ3n) is 1.73. The molecule has 7 heteroatoms. The summed E-state index contributed by atoms with van der Waals surface area (Å²) >= 11 is 11.2. The highest BCUT2D eigenvalue weighted by Crippen LogP contribution is 2.15. The predicted molar refractivity (Wildman–Crippen MR) is 59.2 cm³/mol. The normalized spacial score (nSPS) is 11.5. The number of nitrogens with one attached hydrogen (secondary N) is 1. The molecule has 1 aromatic heterocycles. The highest BCUT2D eigenvalue weighted by molar-refractivity contribution is 6.31. The van der Waals surface area contributed by atoms with Crippen molar-refractivity contribution >= 4 is 29.2 Å². The van der Waals surface area contributed by atoms with Gasteiger partial charge in [-0.3, -0.25) is 0 Å². The van der Waals surface area contributed by atoms with Gasteiger partial charge >= 0.3 is 0 Å². The number of aliphatic hydroxyl groups is 1. The molecule has 84 valence electrons. The van der Waals surface area contributed by atoms with Crippen LogP contribution in [0.15, 0.2) is 0 Å². The minimum absolute atomic E-state index is 0.0410. The lowest BCUT2D eigenvalue weighted by Gasteiger charge is -2.21. The van der Waals surface area contributed by atoms with E-state index < -0.39 is 0 Å². The van der Waals surface area contributed by atoms with Crippen LogP contribution in [0, 0.1) is 5.41 Å². The van der Waals surface area contributed by atoms with Gasteiger partial charge in [-0.2, -0.15) is 15.0 Å². The smallest absolute Gasteiger partial charge is 0.228 e. The molecular weight excluding hydrogens is 239 g/mol. The summed E-state index contributed by atoms with van der Waals surface area (Å²) in [6.45, 7) is 4.39. The Morgan fingerprint density at radius 1 is 1.20 bits per heavy atom. The summed E-state index contributed by atoms with van der Waals surface area (Å²) in [6.07, 6.45) is 0. The molecule has 0 saturated heterocycles.